The molecular formula is C18H23N5O2. The van der Waals surface area contributed by atoms with Gasteiger partial charge in [0.25, 0.3) is 5.91 Å². The molecule has 4 rings (SSSR count). The highest BCUT2D eigenvalue weighted by molar-refractivity contribution is 6.07. The van der Waals surface area contributed by atoms with E-state index in [4.69, 9.17) is 0 Å². The minimum absolute atomic E-state index is 0.109. The summed E-state index contributed by atoms with van der Waals surface area (Å²) in [6, 6.07) is 1.67. The first-order valence-corrected chi connectivity index (χ1v) is 8.84. The zero-order chi connectivity index (χ0) is 17.8. The van der Waals surface area contributed by atoms with E-state index < -0.39 is 5.54 Å². The molecule has 0 atom stereocenters. The molecule has 3 heterocycles. The highest BCUT2D eigenvalue weighted by Crippen LogP contribution is 2.36. The van der Waals surface area contributed by atoms with Crippen molar-refractivity contribution in [2.75, 3.05) is 0 Å². The predicted octanol–water partition coefficient (Wildman–Crippen LogP) is 2.35. The van der Waals surface area contributed by atoms with Gasteiger partial charge >= 0.3 is 6.03 Å². The lowest BCUT2D eigenvalue weighted by Gasteiger charge is -2.33. The molecule has 7 heteroatoms. The molecule has 25 heavy (non-hydrogen) atoms. The van der Waals surface area contributed by atoms with E-state index in [-0.39, 0.29) is 18.5 Å². The smallest absolute Gasteiger partial charge is 0.323 e. The molecule has 1 spiro atoms. The van der Waals surface area contributed by atoms with Crippen LogP contribution in [0.4, 0.5) is 4.79 Å². The summed E-state index contributed by atoms with van der Waals surface area (Å²) in [7, 11) is 0. The summed E-state index contributed by atoms with van der Waals surface area (Å²) in [5, 5.41) is 2.95. The number of hydrogen-bond acceptors (Lipinski definition) is 4. The Bertz CT molecular complexity index is 864. The average Bonchev–Trinajstić information content (AvgIpc) is 3.05. The van der Waals surface area contributed by atoms with Crippen LogP contribution in [0.1, 0.15) is 49.7 Å². The maximum Gasteiger partial charge on any atom is 0.325 e. The van der Waals surface area contributed by atoms with Gasteiger partial charge in [0.15, 0.2) is 0 Å². The maximum absolute atomic E-state index is 12.9. The zero-order valence-electron chi connectivity index (χ0n) is 14.9. The van der Waals surface area contributed by atoms with Gasteiger partial charge in [-0.25, -0.2) is 14.8 Å². The molecule has 1 saturated carbocycles. The summed E-state index contributed by atoms with van der Waals surface area (Å²) in [6.45, 7) is 6.29. The minimum Gasteiger partial charge on any atom is -0.323 e. The summed E-state index contributed by atoms with van der Waals surface area (Å²) < 4.78 is 1.89. The molecule has 1 saturated heterocycles. The molecule has 2 aromatic rings. The van der Waals surface area contributed by atoms with E-state index in [9.17, 15) is 9.59 Å². The lowest BCUT2D eigenvalue weighted by molar-refractivity contribution is -0.133. The molecule has 0 bridgehead atoms. The quantitative estimate of drug-likeness (QED) is 0.850. The molecule has 1 N–H and O–H groups in total. The van der Waals surface area contributed by atoms with Crippen LogP contribution in [-0.4, -0.2) is 36.7 Å². The second-order valence-corrected chi connectivity index (χ2v) is 7.53. The number of carbonyl (C=O) groups excluding carboxylic acids is 2. The molecule has 0 aromatic carbocycles. The number of aromatic nitrogens is 3. The third-order valence-electron chi connectivity index (χ3n) is 5.51. The summed E-state index contributed by atoms with van der Waals surface area (Å²) >= 11 is 0. The van der Waals surface area contributed by atoms with Gasteiger partial charge in [-0.1, -0.05) is 6.92 Å². The molecule has 0 unspecified atom stereocenters. The number of carbonyl (C=O) groups is 2. The Morgan fingerprint density at radius 3 is 2.68 bits per heavy atom. The topological polar surface area (TPSA) is 79.6 Å². The Kier molecular flexibility index (Phi) is 3.56. The van der Waals surface area contributed by atoms with Gasteiger partial charge in [-0.05, 0) is 51.5 Å². The molecule has 1 aliphatic heterocycles. The summed E-state index contributed by atoms with van der Waals surface area (Å²) in [5.41, 5.74) is 1.89. The largest absolute Gasteiger partial charge is 0.325 e. The van der Waals surface area contributed by atoms with Crippen molar-refractivity contribution >= 4 is 17.7 Å². The summed E-state index contributed by atoms with van der Waals surface area (Å²) in [5.74, 6) is 1.10. The average molecular weight is 341 g/mol. The number of imidazole rings is 1. The molecule has 0 radical (unpaired) electrons. The minimum atomic E-state index is -0.701. The van der Waals surface area contributed by atoms with E-state index in [1.54, 1.807) is 0 Å². The van der Waals surface area contributed by atoms with Crippen LogP contribution in [0.5, 0.6) is 0 Å². The fourth-order valence-corrected chi connectivity index (χ4v) is 3.97. The van der Waals surface area contributed by atoms with Gasteiger partial charge in [0.05, 0.1) is 12.2 Å². The van der Waals surface area contributed by atoms with Crippen LogP contribution < -0.4 is 5.32 Å². The van der Waals surface area contributed by atoms with Gasteiger partial charge in [-0.2, -0.15) is 0 Å². The molecule has 1 aliphatic carbocycles. The third-order valence-corrected chi connectivity index (χ3v) is 5.51. The fourth-order valence-electron chi connectivity index (χ4n) is 3.97. The second-order valence-electron chi connectivity index (χ2n) is 7.53. The van der Waals surface area contributed by atoms with Gasteiger partial charge in [-0.3, -0.25) is 14.1 Å². The number of rotatable bonds is 2. The van der Waals surface area contributed by atoms with Crippen molar-refractivity contribution in [1.82, 2.24) is 24.6 Å². The Balaban J connectivity index is 1.59. The standard InChI is InChI=1S/C18H23N5O2/c1-11-4-6-18(7-5-11)15(24)23(17(25)21-18)10-14-9-22-13(3)8-12(2)19-16(22)20-14/h8-9,11H,4-7,10H2,1-3H3,(H,21,25). The number of amides is 3. The zero-order valence-corrected chi connectivity index (χ0v) is 14.9. The maximum atomic E-state index is 12.9. The first kappa shape index (κ1) is 16.1. The van der Waals surface area contributed by atoms with Crippen LogP contribution in [0.3, 0.4) is 0 Å². The summed E-state index contributed by atoms with van der Waals surface area (Å²) in [6.07, 6.45) is 5.24. The van der Waals surface area contributed by atoms with E-state index in [1.165, 1.54) is 4.90 Å². The van der Waals surface area contributed by atoms with Crippen LogP contribution in [-0.2, 0) is 11.3 Å². The number of fused-ring (bicyclic) bond motifs is 1. The first-order valence-electron chi connectivity index (χ1n) is 8.84. The number of hydrogen-bond donors (Lipinski definition) is 1. The third kappa shape index (κ3) is 2.58. The van der Waals surface area contributed by atoms with Crippen molar-refractivity contribution < 1.29 is 9.59 Å². The highest BCUT2D eigenvalue weighted by Gasteiger charge is 2.52. The van der Waals surface area contributed by atoms with Crippen molar-refractivity contribution in [3.8, 4) is 0 Å². The number of imide groups is 1. The Hall–Kier alpha value is -2.44. The van der Waals surface area contributed by atoms with Gasteiger partial charge in [0.2, 0.25) is 5.78 Å². The fraction of sp³-hybridized carbons (Fsp3) is 0.556. The predicted molar refractivity (Wildman–Crippen MR) is 91.9 cm³/mol. The van der Waals surface area contributed by atoms with Crippen LogP contribution in [0.15, 0.2) is 12.3 Å². The monoisotopic (exact) mass is 341 g/mol. The highest BCUT2D eigenvalue weighted by atomic mass is 16.2. The van der Waals surface area contributed by atoms with Crippen molar-refractivity contribution in [3.63, 3.8) is 0 Å². The Morgan fingerprint density at radius 1 is 1.24 bits per heavy atom. The molecule has 7 nitrogen and oxygen atoms in total. The second kappa shape index (κ2) is 5.54. The van der Waals surface area contributed by atoms with E-state index in [0.29, 0.717) is 17.4 Å². The number of nitrogens with zero attached hydrogens (tertiary/aromatic N) is 4. The SMILES string of the molecule is Cc1cc(C)n2cc(CN3C(=O)NC4(CCC(C)CC4)C3=O)nc2n1. The lowest BCUT2D eigenvalue weighted by Crippen LogP contribution is -2.49. The number of nitrogens with one attached hydrogen (secondary N) is 1. The van der Waals surface area contributed by atoms with E-state index >= 15 is 0 Å². The van der Waals surface area contributed by atoms with Crippen LogP contribution in [0.25, 0.3) is 5.78 Å². The molecule has 2 aromatic heterocycles. The van der Waals surface area contributed by atoms with Crippen molar-refractivity contribution in [2.45, 2.75) is 58.5 Å². The van der Waals surface area contributed by atoms with Gasteiger partial charge in [0.1, 0.15) is 5.54 Å². The van der Waals surface area contributed by atoms with Crippen molar-refractivity contribution in [3.05, 3.63) is 29.3 Å². The van der Waals surface area contributed by atoms with E-state index in [2.05, 4.69) is 22.2 Å². The van der Waals surface area contributed by atoms with Crippen molar-refractivity contribution in [1.29, 1.82) is 0 Å². The molecular weight excluding hydrogens is 318 g/mol. The Morgan fingerprint density at radius 2 is 1.96 bits per heavy atom. The van der Waals surface area contributed by atoms with Gasteiger partial charge in [-0.15, -0.1) is 0 Å². The Labute approximate surface area is 146 Å². The van der Waals surface area contributed by atoms with Gasteiger partial charge in [0, 0.05) is 17.6 Å². The van der Waals surface area contributed by atoms with Crippen LogP contribution >= 0.6 is 0 Å². The molecule has 3 amide bonds. The van der Waals surface area contributed by atoms with Crippen LogP contribution in [0, 0.1) is 19.8 Å². The summed E-state index contributed by atoms with van der Waals surface area (Å²) in [4.78, 5) is 35.6. The molecule has 2 aliphatic rings. The van der Waals surface area contributed by atoms with E-state index in [0.717, 1.165) is 37.1 Å². The van der Waals surface area contributed by atoms with Gasteiger partial charge < -0.3 is 5.32 Å². The van der Waals surface area contributed by atoms with Crippen LogP contribution in [0.2, 0.25) is 0 Å². The van der Waals surface area contributed by atoms with Crippen molar-refractivity contribution in [2.24, 2.45) is 5.92 Å². The molecule has 2 fully saturated rings. The normalized spacial score (nSPS) is 26.7. The first-order chi connectivity index (χ1) is 11.9. The van der Waals surface area contributed by atoms with E-state index in [1.807, 2.05) is 30.5 Å². The number of urea groups is 1. The molecule has 132 valence electrons. The number of aryl methyl sites for hydroxylation is 2. The lowest BCUT2D eigenvalue weighted by atomic mass is 9.77.